The molecule has 2 aliphatic rings. The number of benzene rings is 2. The Labute approximate surface area is 178 Å². The third-order valence-electron chi connectivity index (χ3n) is 4.77. The molecule has 2 aliphatic heterocycles. The van der Waals surface area contributed by atoms with E-state index in [0.29, 0.717) is 5.02 Å². The molecule has 3 aromatic rings. The standard InChI is InChI=1S/C20H13Br2ClN2O2/c21-12-8-14-17-10-16(11-3-5-13(23)6-4-11)24-25(17)20(18-2-1-7-26-18)27-19(14)15(22)9-12/h1-9,17,20H,10H2. The Morgan fingerprint density at radius 2 is 1.93 bits per heavy atom. The molecule has 0 saturated carbocycles. The zero-order chi connectivity index (χ0) is 18.5. The maximum Gasteiger partial charge on any atom is 0.246 e. The Kier molecular flexibility index (Phi) is 4.30. The van der Waals surface area contributed by atoms with Gasteiger partial charge in [0.2, 0.25) is 6.23 Å². The van der Waals surface area contributed by atoms with Gasteiger partial charge in [0.1, 0.15) is 5.75 Å². The zero-order valence-corrected chi connectivity index (χ0v) is 17.8. The number of fused-ring (bicyclic) bond motifs is 3. The van der Waals surface area contributed by atoms with E-state index in [-0.39, 0.29) is 6.04 Å². The predicted molar refractivity (Wildman–Crippen MR) is 111 cm³/mol. The summed E-state index contributed by atoms with van der Waals surface area (Å²) in [7, 11) is 0. The fraction of sp³-hybridized carbons (Fsp3) is 0.150. The minimum atomic E-state index is -0.417. The average molecular weight is 509 g/mol. The fourth-order valence-corrected chi connectivity index (χ4v) is 5.03. The van der Waals surface area contributed by atoms with Crippen LogP contribution in [0.15, 0.2) is 73.3 Å². The number of ether oxygens (including phenoxy) is 1. The normalized spacial score (nSPS) is 20.7. The number of halogens is 3. The Bertz CT molecular complexity index is 1030. The Balaban J connectivity index is 1.62. The molecule has 136 valence electrons. The topological polar surface area (TPSA) is 38.0 Å². The van der Waals surface area contributed by atoms with Gasteiger partial charge >= 0.3 is 0 Å². The van der Waals surface area contributed by atoms with Crippen molar-refractivity contribution in [2.24, 2.45) is 5.10 Å². The van der Waals surface area contributed by atoms with Gasteiger partial charge in [-0.15, -0.1) is 0 Å². The molecule has 7 heteroatoms. The van der Waals surface area contributed by atoms with Crippen LogP contribution in [-0.4, -0.2) is 10.7 Å². The van der Waals surface area contributed by atoms with Gasteiger partial charge in [0.25, 0.3) is 0 Å². The van der Waals surface area contributed by atoms with Crippen LogP contribution in [0.1, 0.15) is 35.6 Å². The van der Waals surface area contributed by atoms with Crippen LogP contribution in [0.2, 0.25) is 5.02 Å². The van der Waals surface area contributed by atoms with Crippen molar-refractivity contribution in [2.75, 3.05) is 0 Å². The number of hydrogen-bond donors (Lipinski definition) is 0. The first-order valence-corrected chi connectivity index (χ1v) is 10.4. The summed E-state index contributed by atoms with van der Waals surface area (Å²) >= 11 is 13.3. The molecule has 2 unspecified atom stereocenters. The first-order valence-electron chi connectivity index (χ1n) is 8.41. The van der Waals surface area contributed by atoms with E-state index >= 15 is 0 Å². The molecular weight excluding hydrogens is 495 g/mol. The van der Waals surface area contributed by atoms with E-state index in [1.54, 1.807) is 6.26 Å². The molecule has 0 N–H and O–H groups in total. The summed E-state index contributed by atoms with van der Waals surface area (Å²) in [6.45, 7) is 0. The van der Waals surface area contributed by atoms with Gasteiger partial charge in [-0.2, -0.15) is 5.10 Å². The molecule has 5 rings (SSSR count). The molecule has 0 amide bonds. The molecule has 2 aromatic carbocycles. The van der Waals surface area contributed by atoms with E-state index in [0.717, 1.165) is 43.7 Å². The van der Waals surface area contributed by atoms with Gasteiger partial charge in [-0.05, 0) is 57.9 Å². The second-order valence-corrected chi connectivity index (χ2v) is 8.65. The number of hydrogen-bond acceptors (Lipinski definition) is 4. The van der Waals surface area contributed by atoms with Crippen molar-refractivity contribution in [1.82, 2.24) is 5.01 Å². The lowest BCUT2D eigenvalue weighted by Gasteiger charge is -2.37. The highest BCUT2D eigenvalue weighted by Crippen LogP contribution is 2.50. The minimum absolute atomic E-state index is 0.0586. The summed E-state index contributed by atoms with van der Waals surface area (Å²) in [6, 6.07) is 15.7. The number of rotatable bonds is 2. The van der Waals surface area contributed by atoms with Crippen molar-refractivity contribution in [2.45, 2.75) is 18.7 Å². The average Bonchev–Trinajstić information content (AvgIpc) is 3.32. The molecule has 0 bridgehead atoms. The number of nitrogens with zero attached hydrogens (tertiary/aromatic N) is 2. The van der Waals surface area contributed by atoms with Gasteiger partial charge in [0.15, 0.2) is 5.76 Å². The Hall–Kier alpha value is -1.76. The smallest absolute Gasteiger partial charge is 0.246 e. The molecule has 0 saturated heterocycles. The summed E-state index contributed by atoms with van der Waals surface area (Å²) < 4.78 is 13.9. The second kappa shape index (κ2) is 6.69. The van der Waals surface area contributed by atoms with E-state index in [1.807, 2.05) is 47.5 Å². The molecule has 4 nitrogen and oxygen atoms in total. The summed E-state index contributed by atoms with van der Waals surface area (Å²) in [5.41, 5.74) is 3.15. The van der Waals surface area contributed by atoms with Gasteiger partial charge in [-0.1, -0.05) is 39.7 Å². The highest BCUT2D eigenvalue weighted by atomic mass is 79.9. The third-order valence-corrected chi connectivity index (χ3v) is 6.07. The van der Waals surface area contributed by atoms with Crippen molar-refractivity contribution in [3.05, 3.63) is 85.6 Å². The van der Waals surface area contributed by atoms with Crippen LogP contribution in [0.3, 0.4) is 0 Å². The fourth-order valence-electron chi connectivity index (χ4n) is 3.55. The van der Waals surface area contributed by atoms with Crippen LogP contribution in [0.25, 0.3) is 0 Å². The Morgan fingerprint density at radius 3 is 2.67 bits per heavy atom. The monoisotopic (exact) mass is 506 g/mol. The maximum absolute atomic E-state index is 6.32. The maximum atomic E-state index is 6.32. The molecule has 0 spiro atoms. The van der Waals surface area contributed by atoms with Gasteiger partial charge in [-0.25, -0.2) is 5.01 Å². The van der Waals surface area contributed by atoms with Crippen molar-refractivity contribution in [3.63, 3.8) is 0 Å². The molecule has 0 aliphatic carbocycles. The highest BCUT2D eigenvalue weighted by molar-refractivity contribution is 9.11. The lowest BCUT2D eigenvalue weighted by Crippen LogP contribution is -2.33. The molecule has 0 radical (unpaired) electrons. The lowest BCUT2D eigenvalue weighted by atomic mass is 9.96. The molecule has 3 heterocycles. The quantitative estimate of drug-likeness (QED) is 0.387. The van der Waals surface area contributed by atoms with E-state index < -0.39 is 6.23 Å². The summed E-state index contributed by atoms with van der Waals surface area (Å²) in [5.74, 6) is 1.55. The largest absolute Gasteiger partial charge is 0.463 e. The number of furan rings is 1. The third kappa shape index (κ3) is 3.00. The van der Waals surface area contributed by atoms with Crippen LogP contribution in [-0.2, 0) is 0 Å². The predicted octanol–water partition coefficient (Wildman–Crippen LogP) is 6.70. The van der Waals surface area contributed by atoms with Crippen molar-refractivity contribution in [1.29, 1.82) is 0 Å². The zero-order valence-electron chi connectivity index (χ0n) is 13.9. The van der Waals surface area contributed by atoms with Crippen molar-refractivity contribution in [3.8, 4) is 5.75 Å². The highest BCUT2D eigenvalue weighted by Gasteiger charge is 2.43. The molecule has 2 atom stereocenters. The van der Waals surface area contributed by atoms with E-state index in [2.05, 4.69) is 37.9 Å². The minimum Gasteiger partial charge on any atom is -0.463 e. The summed E-state index contributed by atoms with van der Waals surface area (Å²) in [5, 5.41) is 7.60. The van der Waals surface area contributed by atoms with Crippen LogP contribution in [0.5, 0.6) is 5.75 Å². The van der Waals surface area contributed by atoms with E-state index in [9.17, 15) is 0 Å². The van der Waals surface area contributed by atoms with Crippen molar-refractivity contribution >= 4 is 49.2 Å². The Morgan fingerprint density at radius 1 is 1.11 bits per heavy atom. The van der Waals surface area contributed by atoms with E-state index in [1.165, 1.54) is 0 Å². The van der Waals surface area contributed by atoms with Crippen LogP contribution >= 0.6 is 43.5 Å². The van der Waals surface area contributed by atoms with Crippen LogP contribution < -0.4 is 4.74 Å². The van der Waals surface area contributed by atoms with Crippen molar-refractivity contribution < 1.29 is 9.15 Å². The van der Waals surface area contributed by atoms with Gasteiger partial charge in [-0.3, -0.25) is 0 Å². The first kappa shape index (κ1) is 17.3. The van der Waals surface area contributed by atoms with Crippen LogP contribution in [0.4, 0.5) is 0 Å². The summed E-state index contributed by atoms with van der Waals surface area (Å²) in [6.07, 6.45) is 2.01. The van der Waals surface area contributed by atoms with Gasteiger partial charge in [0.05, 0.1) is 22.5 Å². The molecule has 27 heavy (non-hydrogen) atoms. The van der Waals surface area contributed by atoms with E-state index in [4.69, 9.17) is 25.9 Å². The lowest BCUT2D eigenvalue weighted by molar-refractivity contribution is -0.0331. The molecule has 1 aromatic heterocycles. The molecule has 0 fully saturated rings. The first-order chi connectivity index (χ1) is 13.1. The molecular formula is C20H13Br2ClN2O2. The number of hydrazone groups is 1. The van der Waals surface area contributed by atoms with Gasteiger partial charge in [0, 0.05) is 21.5 Å². The van der Waals surface area contributed by atoms with Crippen LogP contribution in [0, 0.1) is 0 Å². The summed E-state index contributed by atoms with van der Waals surface area (Å²) in [4.78, 5) is 0. The second-order valence-electron chi connectivity index (χ2n) is 6.45. The van der Waals surface area contributed by atoms with Gasteiger partial charge < -0.3 is 9.15 Å². The SMILES string of the molecule is Clc1ccc(C2=NN3C(C2)c2cc(Br)cc(Br)c2OC3c2ccco2)cc1.